The van der Waals surface area contributed by atoms with Gasteiger partial charge in [0.2, 0.25) is 0 Å². The summed E-state index contributed by atoms with van der Waals surface area (Å²) >= 11 is 0.701. The number of carbonyl (C=O) groups is 1. The molecule has 1 aromatic carbocycles. The maximum atomic E-state index is 13.5. The van der Waals surface area contributed by atoms with Crippen molar-refractivity contribution in [3.05, 3.63) is 57.3 Å². The molecule has 0 atom stereocenters. The first-order chi connectivity index (χ1) is 8.09. The Morgan fingerprint density at radius 3 is 2.41 bits per heavy atom. The second-order valence-electron chi connectivity index (χ2n) is 3.70. The van der Waals surface area contributed by atoms with Gasteiger partial charge in [0.15, 0.2) is 10.9 Å². The highest BCUT2D eigenvalue weighted by molar-refractivity contribution is 7.10. The van der Waals surface area contributed by atoms with Gasteiger partial charge in [-0.25, -0.2) is 4.39 Å². The highest BCUT2D eigenvalue weighted by Crippen LogP contribution is 2.26. The molecule has 4 heteroatoms. The van der Waals surface area contributed by atoms with Crippen molar-refractivity contribution in [3.8, 4) is 0 Å². The summed E-state index contributed by atoms with van der Waals surface area (Å²) in [7, 11) is 0. The largest absolute Gasteiger partial charge is 0.294 e. The van der Waals surface area contributed by atoms with E-state index in [1.807, 2.05) is 0 Å². The molecule has 0 N–H and O–H groups in total. The van der Waals surface area contributed by atoms with Crippen LogP contribution in [-0.4, -0.2) is 5.78 Å². The first-order valence-corrected chi connectivity index (χ1v) is 5.92. The smallest absolute Gasteiger partial charge is 0.182 e. The van der Waals surface area contributed by atoms with Crippen LogP contribution < -0.4 is 0 Å². The molecular formula is C13H10F2OS. The van der Waals surface area contributed by atoms with Gasteiger partial charge in [0.25, 0.3) is 0 Å². The van der Waals surface area contributed by atoms with Crippen molar-refractivity contribution >= 4 is 17.1 Å². The van der Waals surface area contributed by atoms with E-state index in [0.717, 1.165) is 0 Å². The third kappa shape index (κ3) is 2.42. The molecule has 1 aromatic heterocycles. The lowest BCUT2D eigenvalue weighted by atomic mass is 10.1. The molecule has 0 fully saturated rings. The predicted octanol–water partition coefficient (Wildman–Crippen LogP) is 3.76. The molecule has 0 amide bonds. The zero-order chi connectivity index (χ0) is 12.4. The van der Waals surface area contributed by atoms with Crippen LogP contribution in [0.4, 0.5) is 8.78 Å². The van der Waals surface area contributed by atoms with Gasteiger partial charge < -0.3 is 0 Å². The Bertz CT molecular complexity index is 546. The summed E-state index contributed by atoms with van der Waals surface area (Å²) in [6.07, 6.45) is -0.0920. The van der Waals surface area contributed by atoms with Gasteiger partial charge in [-0.1, -0.05) is 30.3 Å². The molecule has 0 aliphatic rings. The minimum Gasteiger partial charge on any atom is -0.294 e. The fourth-order valence-electron chi connectivity index (χ4n) is 1.51. The lowest BCUT2D eigenvalue weighted by Crippen LogP contribution is -2.03. The van der Waals surface area contributed by atoms with Gasteiger partial charge in [0.05, 0.1) is 4.88 Å². The van der Waals surface area contributed by atoms with Crippen LogP contribution in [0.25, 0.3) is 0 Å². The van der Waals surface area contributed by atoms with Crippen molar-refractivity contribution < 1.29 is 13.6 Å². The van der Waals surface area contributed by atoms with Gasteiger partial charge in [-0.2, -0.15) is 4.39 Å². The maximum Gasteiger partial charge on any atom is 0.182 e. The van der Waals surface area contributed by atoms with E-state index in [1.165, 1.54) is 6.92 Å². The summed E-state index contributed by atoms with van der Waals surface area (Å²) in [6, 6.07) is 8.61. The molecule has 0 spiro atoms. The van der Waals surface area contributed by atoms with Crippen molar-refractivity contribution in [2.75, 3.05) is 0 Å². The molecule has 0 radical (unpaired) electrons. The van der Waals surface area contributed by atoms with E-state index >= 15 is 0 Å². The van der Waals surface area contributed by atoms with Crippen molar-refractivity contribution in [2.45, 2.75) is 13.3 Å². The SMILES string of the molecule is Cc1c(F)sc(CC(=O)c2ccccc2)c1F. The Kier molecular flexibility index (Phi) is 3.33. The molecule has 88 valence electrons. The molecule has 1 nitrogen and oxygen atoms in total. The van der Waals surface area contributed by atoms with E-state index in [2.05, 4.69) is 0 Å². The second-order valence-corrected chi connectivity index (χ2v) is 4.76. The number of thiophene rings is 1. The highest BCUT2D eigenvalue weighted by Gasteiger charge is 2.17. The number of hydrogen-bond acceptors (Lipinski definition) is 2. The average molecular weight is 252 g/mol. The van der Waals surface area contributed by atoms with Crippen molar-refractivity contribution in [1.82, 2.24) is 0 Å². The van der Waals surface area contributed by atoms with Crippen molar-refractivity contribution in [1.29, 1.82) is 0 Å². The molecule has 0 aliphatic heterocycles. The lowest BCUT2D eigenvalue weighted by Gasteiger charge is -1.98. The molecule has 2 rings (SSSR count). The standard InChI is InChI=1S/C13H10F2OS/c1-8-12(14)11(17-13(8)15)7-10(16)9-5-3-2-4-6-9/h2-6H,7H2,1H3. The highest BCUT2D eigenvalue weighted by atomic mass is 32.1. The van der Waals surface area contributed by atoms with Crippen LogP contribution in [0.5, 0.6) is 0 Å². The molecule has 0 aliphatic carbocycles. The minimum absolute atomic E-state index is 0.00846. The third-order valence-electron chi connectivity index (χ3n) is 2.50. The van der Waals surface area contributed by atoms with Gasteiger partial charge in [-0.15, -0.1) is 11.3 Å². The monoisotopic (exact) mass is 252 g/mol. The summed E-state index contributed by atoms with van der Waals surface area (Å²) in [6.45, 7) is 1.37. The number of halogens is 2. The Labute approximate surface area is 102 Å². The van der Waals surface area contributed by atoms with E-state index in [4.69, 9.17) is 0 Å². The zero-order valence-electron chi connectivity index (χ0n) is 9.17. The summed E-state index contributed by atoms with van der Waals surface area (Å²) in [5, 5.41) is -0.557. The molecule has 0 bridgehead atoms. The van der Waals surface area contributed by atoms with Gasteiger partial charge in [0, 0.05) is 17.5 Å². The third-order valence-corrected chi connectivity index (χ3v) is 3.55. The number of carbonyl (C=O) groups excluding carboxylic acids is 1. The van der Waals surface area contributed by atoms with Crippen LogP contribution in [0, 0.1) is 17.9 Å². The number of Topliss-reactive ketones (excluding diaryl/α,β-unsaturated/α-hetero) is 1. The van der Waals surface area contributed by atoms with Gasteiger partial charge in [-0.3, -0.25) is 4.79 Å². The molecule has 0 unspecified atom stereocenters. The Morgan fingerprint density at radius 1 is 1.24 bits per heavy atom. The normalized spacial score (nSPS) is 10.5. The van der Waals surface area contributed by atoms with Crippen molar-refractivity contribution in [3.63, 3.8) is 0 Å². The van der Waals surface area contributed by atoms with E-state index in [-0.39, 0.29) is 22.6 Å². The van der Waals surface area contributed by atoms with E-state index in [9.17, 15) is 13.6 Å². The van der Waals surface area contributed by atoms with Crippen molar-refractivity contribution in [2.24, 2.45) is 0 Å². The number of ketones is 1. The van der Waals surface area contributed by atoms with Crippen LogP contribution in [0.15, 0.2) is 30.3 Å². The molecule has 2 aromatic rings. The summed E-state index contributed by atoms with van der Waals surface area (Å²) in [5.41, 5.74) is 0.504. The van der Waals surface area contributed by atoms with Gasteiger partial charge in [0.1, 0.15) is 5.82 Å². The maximum absolute atomic E-state index is 13.5. The fraction of sp³-hybridized carbons (Fsp3) is 0.154. The second kappa shape index (κ2) is 4.75. The first-order valence-electron chi connectivity index (χ1n) is 5.11. The van der Waals surface area contributed by atoms with E-state index < -0.39 is 10.9 Å². The first kappa shape index (κ1) is 11.9. The van der Waals surface area contributed by atoms with Crippen LogP contribution >= 0.6 is 11.3 Å². The number of benzene rings is 1. The number of rotatable bonds is 3. The minimum atomic E-state index is -0.600. The molecule has 17 heavy (non-hydrogen) atoms. The van der Waals surface area contributed by atoms with Crippen LogP contribution in [0.3, 0.4) is 0 Å². The Hall–Kier alpha value is -1.55. The average Bonchev–Trinajstić information content (AvgIpc) is 2.58. The molecule has 0 saturated carbocycles. The quantitative estimate of drug-likeness (QED) is 0.760. The van der Waals surface area contributed by atoms with Gasteiger partial charge >= 0.3 is 0 Å². The lowest BCUT2D eigenvalue weighted by molar-refractivity contribution is 0.0993. The fourth-order valence-corrected chi connectivity index (χ4v) is 2.42. The molecule has 1 heterocycles. The van der Waals surface area contributed by atoms with Crippen LogP contribution in [0.2, 0.25) is 0 Å². The Balaban J connectivity index is 2.22. The topological polar surface area (TPSA) is 17.1 Å². The molecular weight excluding hydrogens is 242 g/mol. The van der Waals surface area contributed by atoms with E-state index in [0.29, 0.717) is 16.9 Å². The van der Waals surface area contributed by atoms with Crippen LogP contribution in [0.1, 0.15) is 20.8 Å². The van der Waals surface area contributed by atoms with Gasteiger partial charge in [-0.05, 0) is 6.92 Å². The summed E-state index contributed by atoms with van der Waals surface area (Å²) in [4.78, 5) is 12.0. The molecule has 0 saturated heterocycles. The van der Waals surface area contributed by atoms with Crippen LogP contribution in [-0.2, 0) is 6.42 Å². The summed E-state index contributed by atoms with van der Waals surface area (Å²) in [5.74, 6) is -0.803. The van der Waals surface area contributed by atoms with E-state index in [1.54, 1.807) is 30.3 Å². The predicted molar refractivity (Wildman–Crippen MR) is 63.4 cm³/mol. The zero-order valence-corrected chi connectivity index (χ0v) is 9.98. The summed E-state index contributed by atoms with van der Waals surface area (Å²) < 4.78 is 26.6. The Morgan fingerprint density at radius 2 is 1.88 bits per heavy atom. The number of hydrogen-bond donors (Lipinski definition) is 0.